The first-order valence-corrected chi connectivity index (χ1v) is 40.8. The third-order valence-corrected chi connectivity index (χ3v) is 25.0. The predicted molar refractivity (Wildman–Crippen MR) is 485 cm³/mol. The van der Waals surface area contributed by atoms with Crippen LogP contribution in [0.15, 0.2) is 251 Å². The summed E-state index contributed by atoms with van der Waals surface area (Å²) in [5, 5.41) is 9.30. The summed E-state index contributed by atoms with van der Waals surface area (Å²) in [5.74, 6) is 0. The molecule has 0 aliphatic carbocycles. The fourth-order valence-corrected chi connectivity index (χ4v) is 18.4. The average Bonchev–Trinajstić information content (AvgIpc) is 1.65. The molecule has 0 saturated heterocycles. The molecule has 2 aliphatic heterocycles. The molecular weight excluding hydrogens is 1370 g/mol. The van der Waals surface area contributed by atoms with Crippen LogP contribution in [0.25, 0.3) is 121 Å². The highest BCUT2D eigenvalue weighted by molar-refractivity contribution is 7.00. The number of hydrogen-bond acceptors (Lipinski definition) is 4. The highest BCUT2D eigenvalue weighted by atomic mass is 16.3. The van der Waals surface area contributed by atoms with Crippen LogP contribution in [0.2, 0.25) is 0 Å². The first-order valence-electron chi connectivity index (χ1n) is 40.8. The molecule has 0 saturated carbocycles. The first-order chi connectivity index (χ1) is 53.4. The van der Waals surface area contributed by atoms with Gasteiger partial charge in [-0.1, -0.05) is 291 Å². The Morgan fingerprint density at radius 2 is 0.558 bits per heavy atom. The van der Waals surface area contributed by atoms with Crippen molar-refractivity contribution in [1.82, 2.24) is 9.13 Å². The lowest BCUT2D eigenvalue weighted by molar-refractivity contribution is 0.590. The van der Waals surface area contributed by atoms with Crippen molar-refractivity contribution in [2.75, 3.05) is 9.80 Å². The molecule has 113 heavy (non-hydrogen) atoms. The van der Waals surface area contributed by atoms with E-state index in [1.807, 2.05) is 0 Å². The molecule has 0 atom stereocenters. The zero-order valence-electron chi connectivity index (χ0n) is 69.8. The summed E-state index contributed by atoms with van der Waals surface area (Å²) in [6, 6.07) is 93.9. The topological polar surface area (TPSA) is 42.6 Å². The van der Waals surface area contributed by atoms with Crippen molar-refractivity contribution in [3.8, 4) is 33.6 Å². The zero-order chi connectivity index (χ0) is 79.0. The van der Waals surface area contributed by atoms with E-state index >= 15 is 0 Å². The van der Waals surface area contributed by atoms with Gasteiger partial charge in [-0.2, -0.15) is 0 Å². The maximum atomic E-state index is 7.74. The number of furan rings is 2. The minimum Gasteiger partial charge on any atom is -0.453 e. The Kier molecular flexibility index (Phi) is 15.7. The van der Waals surface area contributed by atoms with E-state index in [-0.39, 0.29) is 44.6 Å². The number of aromatic nitrogens is 2. The Labute approximate surface area is 666 Å². The van der Waals surface area contributed by atoms with E-state index < -0.39 is 0 Å². The van der Waals surface area contributed by atoms with Crippen LogP contribution >= 0.6 is 0 Å². The second kappa shape index (κ2) is 24.6. The predicted octanol–water partition coefficient (Wildman–Crippen LogP) is 28.2. The molecule has 4 aromatic heterocycles. The first kappa shape index (κ1) is 72.0. The molecule has 6 nitrogen and oxygen atoms in total. The fraction of sp³-hybridized carbons (Fsp3) is 0.264. The van der Waals surface area contributed by atoms with Crippen molar-refractivity contribution in [1.29, 1.82) is 0 Å². The molecule has 0 amide bonds. The summed E-state index contributed by atoms with van der Waals surface area (Å²) < 4.78 is 20.5. The van der Waals surface area contributed by atoms with Gasteiger partial charge >= 0.3 is 0 Å². The van der Waals surface area contributed by atoms with Crippen LogP contribution in [0, 0.1) is 0 Å². The van der Waals surface area contributed by atoms with Crippen molar-refractivity contribution in [2.45, 2.75) is 183 Å². The van der Waals surface area contributed by atoms with Crippen LogP contribution in [0.4, 0.5) is 34.1 Å². The molecule has 0 N–H and O–H groups in total. The highest BCUT2D eigenvalue weighted by Gasteiger charge is 2.46. The molecule has 13 aromatic carbocycles. The second-order valence-corrected chi connectivity index (χ2v) is 39.9. The van der Waals surface area contributed by atoms with Crippen molar-refractivity contribution >= 4 is 145 Å². The molecule has 0 fully saturated rings. The Morgan fingerprint density at radius 1 is 0.230 bits per heavy atom. The zero-order valence-corrected chi connectivity index (χ0v) is 69.8. The van der Waals surface area contributed by atoms with Gasteiger partial charge in [-0.25, -0.2) is 0 Å². The molecule has 19 rings (SSSR count). The van der Waals surface area contributed by atoms with Gasteiger partial charge in [0.05, 0.1) is 33.4 Å². The van der Waals surface area contributed by atoms with E-state index in [9.17, 15) is 0 Å². The second-order valence-electron chi connectivity index (χ2n) is 39.9. The highest BCUT2D eigenvalue weighted by Crippen LogP contribution is 2.53. The van der Waals surface area contributed by atoms with Crippen molar-refractivity contribution < 1.29 is 8.83 Å². The fourth-order valence-electron chi connectivity index (χ4n) is 18.4. The standard InChI is InChI=1S/C106H103BN4O2/c1-100(2,3)64-39-37-62(38-40-64)73-29-23-31-75-77-33-25-35-89(98(77)112-96(73)75)110-91-60-71(108-85-49-41-66(102(7,8)9)54-79(85)80-55-67(103(10,11)12)42-50-86(80)108)45-47-83(91)107-84-48-46-72(109-87-51-43-68(104(13,14)15)56-81(87)82-57-69(105(16,17)18)44-52-88(82)109)61-92(84)111(94-59-70(106(19,20)21)58-93(110)95(94)107)90-36-26-34-78-76-32-24-30-74(97(76)113-99(78)90)63-27-22-28-65(53-63)101(4,5)6/h22-61H,1-21H3. The van der Waals surface area contributed by atoms with Crippen molar-refractivity contribution in [2.24, 2.45) is 0 Å². The number of hydrogen-bond donors (Lipinski definition) is 0. The number of benzene rings is 13. The molecule has 17 aromatic rings. The van der Waals surface area contributed by atoms with Gasteiger partial charge in [0.25, 0.3) is 6.71 Å². The number of anilines is 6. The van der Waals surface area contributed by atoms with Crippen LogP contribution in [-0.2, 0) is 37.9 Å². The summed E-state index contributed by atoms with van der Waals surface area (Å²) in [6.07, 6.45) is 0. The molecule has 0 spiro atoms. The van der Waals surface area contributed by atoms with Gasteiger partial charge in [0.15, 0.2) is 11.2 Å². The largest absolute Gasteiger partial charge is 0.453 e. The Bertz CT molecular complexity index is 6710. The molecule has 6 heterocycles. The van der Waals surface area contributed by atoms with Gasteiger partial charge in [0.2, 0.25) is 0 Å². The Balaban J connectivity index is 0.931. The summed E-state index contributed by atoms with van der Waals surface area (Å²) in [7, 11) is 0. The van der Waals surface area contributed by atoms with E-state index in [0.29, 0.717) is 0 Å². The van der Waals surface area contributed by atoms with Gasteiger partial charge in [0.1, 0.15) is 11.2 Å². The van der Waals surface area contributed by atoms with Crippen LogP contribution in [0.5, 0.6) is 0 Å². The number of rotatable bonds is 6. The van der Waals surface area contributed by atoms with Crippen LogP contribution in [-0.4, -0.2) is 15.8 Å². The van der Waals surface area contributed by atoms with Crippen molar-refractivity contribution in [3.63, 3.8) is 0 Å². The molecular formula is C106H103BN4O2. The number of fused-ring (bicyclic) bond motifs is 16. The van der Waals surface area contributed by atoms with E-state index in [1.165, 1.54) is 98.9 Å². The van der Waals surface area contributed by atoms with Gasteiger partial charge in [-0.3, -0.25) is 0 Å². The summed E-state index contributed by atoms with van der Waals surface area (Å²) in [5.41, 5.74) is 33.0. The third-order valence-electron chi connectivity index (χ3n) is 25.0. The lowest BCUT2D eigenvalue weighted by Crippen LogP contribution is -2.61. The van der Waals surface area contributed by atoms with Gasteiger partial charge < -0.3 is 27.8 Å². The maximum Gasteiger partial charge on any atom is 0.252 e. The summed E-state index contributed by atoms with van der Waals surface area (Å²) in [6.45, 7) is 48.5. The minimum atomic E-state index is -0.338. The van der Waals surface area contributed by atoms with Crippen LogP contribution in [0.1, 0.15) is 184 Å². The van der Waals surface area contributed by atoms with Crippen LogP contribution < -0.4 is 26.2 Å². The third kappa shape index (κ3) is 11.5. The monoisotopic (exact) mass is 1470 g/mol. The van der Waals surface area contributed by atoms with Crippen LogP contribution in [0.3, 0.4) is 0 Å². The molecule has 0 unspecified atom stereocenters. The smallest absolute Gasteiger partial charge is 0.252 e. The van der Waals surface area contributed by atoms with Crippen molar-refractivity contribution in [3.05, 3.63) is 282 Å². The van der Waals surface area contributed by atoms with E-state index in [0.717, 1.165) is 112 Å². The molecule has 7 heteroatoms. The number of para-hydroxylation sites is 4. The molecule has 0 radical (unpaired) electrons. The molecule has 0 bridgehead atoms. The summed E-state index contributed by atoms with van der Waals surface area (Å²) in [4.78, 5) is 5.20. The van der Waals surface area contributed by atoms with E-state index in [2.05, 4.69) is 407 Å². The SMILES string of the molecule is CC(C)(C)c1ccc(-c2cccc3c2oc2c(N4c5cc(-n6c7ccc(C(C)(C)C)cc7c7cc(C(C)(C)C)ccc76)ccc5B5c6ccc(-n7c8ccc(C(C)(C)C)cc8c8cc(C(C)(C)C)ccc87)cc6N(c6cccc7c6oc6c(-c8cccc(C(C)(C)C)c8)cccc67)c6cc(C(C)(C)C)cc4c65)cccc23)cc1. The quantitative estimate of drug-likeness (QED) is 0.156. The van der Waals surface area contributed by atoms with E-state index in [1.54, 1.807) is 0 Å². The van der Waals surface area contributed by atoms with Gasteiger partial charge in [-0.15, -0.1) is 0 Å². The lowest BCUT2D eigenvalue weighted by Gasteiger charge is -2.45. The maximum absolute atomic E-state index is 7.74. The minimum absolute atomic E-state index is 0.00685. The Morgan fingerprint density at radius 3 is 0.929 bits per heavy atom. The normalized spacial score (nSPS) is 13.8. The van der Waals surface area contributed by atoms with E-state index in [4.69, 9.17) is 8.83 Å². The lowest BCUT2D eigenvalue weighted by atomic mass is 9.33. The molecule has 562 valence electrons. The number of nitrogens with zero attached hydrogens (tertiary/aromatic N) is 4. The summed E-state index contributed by atoms with van der Waals surface area (Å²) >= 11 is 0. The van der Waals surface area contributed by atoms with Gasteiger partial charge in [0, 0.05) is 88.3 Å². The Hall–Kier alpha value is -11.3. The average molecular weight is 1480 g/mol. The van der Waals surface area contributed by atoms with Gasteiger partial charge in [-0.05, 0) is 201 Å². The molecule has 2 aliphatic rings.